The van der Waals surface area contributed by atoms with Crippen molar-refractivity contribution in [2.24, 2.45) is 0 Å². The Balaban J connectivity index is 1.23. The minimum atomic E-state index is -0.699. The average Bonchev–Trinajstić information content (AvgIpc) is 3.83. The van der Waals surface area contributed by atoms with E-state index in [2.05, 4.69) is 15.7 Å². The molecule has 8 nitrogen and oxygen atoms in total. The van der Waals surface area contributed by atoms with E-state index < -0.39 is 11.8 Å². The van der Waals surface area contributed by atoms with Gasteiger partial charge in [0.05, 0.1) is 56.4 Å². The van der Waals surface area contributed by atoms with Crippen LogP contribution in [0, 0.1) is 11.6 Å². The highest BCUT2D eigenvalue weighted by Gasteiger charge is 2.31. The first-order valence-corrected chi connectivity index (χ1v) is 16.0. The summed E-state index contributed by atoms with van der Waals surface area (Å²) in [4.78, 5) is 24.9. The van der Waals surface area contributed by atoms with Crippen LogP contribution in [0.4, 0.5) is 14.5 Å². The molecule has 1 amide bonds. The third-order valence-corrected chi connectivity index (χ3v) is 8.33. The van der Waals surface area contributed by atoms with Crippen LogP contribution in [0.2, 0.25) is 0 Å². The van der Waals surface area contributed by atoms with Gasteiger partial charge in [-0.2, -0.15) is 0 Å². The molecule has 0 aliphatic heterocycles. The number of esters is 1. The maximum atomic E-state index is 14.0. The van der Waals surface area contributed by atoms with E-state index in [4.69, 9.17) is 18.6 Å². The number of ether oxygens (including phenoxy) is 3. The molecule has 1 aliphatic rings. The SMILES string of the molecule is CCOC(=O)c1cc(COCCOCCN(SC)c2cc3oc(-c4ccc(F)cc4)c(C(=O)NC)c3cc2C2CC2)ccc1F. The van der Waals surface area contributed by atoms with Gasteiger partial charge in [-0.05, 0) is 79.3 Å². The molecule has 1 heterocycles. The normalized spacial score (nSPS) is 12.8. The fourth-order valence-electron chi connectivity index (χ4n) is 5.14. The number of anilines is 1. The summed E-state index contributed by atoms with van der Waals surface area (Å²) in [5.41, 5.74) is 4.35. The van der Waals surface area contributed by atoms with Gasteiger partial charge in [0.25, 0.3) is 5.91 Å². The number of amides is 1. The lowest BCUT2D eigenvalue weighted by molar-refractivity contribution is 0.0433. The summed E-state index contributed by atoms with van der Waals surface area (Å²) in [5, 5.41) is 3.44. The molecule has 1 aromatic heterocycles. The largest absolute Gasteiger partial charge is 0.462 e. The van der Waals surface area contributed by atoms with Crippen LogP contribution in [0.5, 0.6) is 0 Å². The van der Waals surface area contributed by atoms with E-state index in [0.717, 1.165) is 29.5 Å². The number of furan rings is 1. The summed E-state index contributed by atoms with van der Waals surface area (Å²) in [5.74, 6) is -1.16. The van der Waals surface area contributed by atoms with Gasteiger partial charge < -0.3 is 28.2 Å². The molecule has 0 radical (unpaired) electrons. The second kappa shape index (κ2) is 14.9. The van der Waals surface area contributed by atoms with Crippen LogP contribution in [0.25, 0.3) is 22.3 Å². The van der Waals surface area contributed by atoms with E-state index in [-0.39, 0.29) is 30.5 Å². The molecule has 1 aliphatic carbocycles. The number of fused-ring (bicyclic) bond motifs is 1. The van der Waals surface area contributed by atoms with Crippen molar-refractivity contribution in [1.82, 2.24) is 5.32 Å². The maximum Gasteiger partial charge on any atom is 0.341 e. The van der Waals surface area contributed by atoms with Crippen LogP contribution in [0.15, 0.2) is 59.0 Å². The third kappa shape index (κ3) is 7.66. The fourth-order valence-corrected chi connectivity index (χ4v) is 5.75. The van der Waals surface area contributed by atoms with Crippen LogP contribution in [0.3, 0.4) is 0 Å². The van der Waals surface area contributed by atoms with Gasteiger partial charge in [0, 0.05) is 30.3 Å². The smallest absolute Gasteiger partial charge is 0.341 e. The first kappa shape index (κ1) is 32.5. The molecule has 0 bridgehead atoms. The van der Waals surface area contributed by atoms with Gasteiger partial charge in [0.2, 0.25) is 0 Å². The van der Waals surface area contributed by atoms with Crippen molar-refractivity contribution < 1.29 is 37.0 Å². The van der Waals surface area contributed by atoms with Gasteiger partial charge in [-0.25, -0.2) is 13.6 Å². The number of rotatable bonds is 15. The Kier molecular flexibility index (Phi) is 10.7. The van der Waals surface area contributed by atoms with E-state index >= 15 is 0 Å². The highest BCUT2D eigenvalue weighted by molar-refractivity contribution is 7.99. The zero-order valence-corrected chi connectivity index (χ0v) is 26.3. The van der Waals surface area contributed by atoms with E-state index in [1.54, 1.807) is 44.1 Å². The quantitative estimate of drug-likeness (QED) is 0.0838. The van der Waals surface area contributed by atoms with Gasteiger partial charge >= 0.3 is 5.97 Å². The molecule has 45 heavy (non-hydrogen) atoms. The first-order chi connectivity index (χ1) is 21.8. The number of nitrogens with one attached hydrogen (secondary N) is 1. The third-order valence-electron chi connectivity index (χ3n) is 7.51. The molecule has 1 saturated carbocycles. The molecule has 0 spiro atoms. The lowest BCUT2D eigenvalue weighted by atomic mass is 10.0. The number of benzene rings is 3. The highest BCUT2D eigenvalue weighted by atomic mass is 32.2. The Morgan fingerprint density at radius 1 is 1.02 bits per heavy atom. The van der Waals surface area contributed by atoms with Crippen LogP contribution < -0.4 is 9.62 Å². The lowest BCUT2D eigenvalue weighted by Crippen LogP contribution is -2.22. The number of carbonyl (C=O) groups excluding carboxylic acids is 2. The van der Waals surface area contributed by atoms with Gasteiger partial charge in [0.15, 0.2) is 0 Å². The second-order valence-electron chi connectivity index (χ2n) is 10.6. The summed E-state index contributed by atoms with van der Waals surface area (Å²) < 4.78 is 52.5. The predicted octanol–water partition coefficient (Wildman–Crippen LogP) is 7.11. The Hall–Kier alpha value is -3.93. The Bertz CT molecular complexity index is 1650. The molecule has 0 saturated heterocycles. The molecule has 1 fully saturated rings. The summed E-state index contributed by atoms with van der Waals surface area (Å²) >= 11 is 1.58. The lowest BCUT2D eigenvalue weighted by Gasteiger charge is -2.24. The molecule has 5 rings (SSSR count). The number of hydrogen-bond acceptors (Lipinski definition) is 8. The fraction of sp³-hybridized carbons (Fsp3) is 0.353. The summed E-state index contributed by atoms with van der Waals surface area (Å²) in [6.45, 7) is 3.77. The monoisotopic (exact) mass is 638 g/mol. The van der Waals surface area contributed by atoms with Crippen LogP contribution >= 0.6 is 11.9 Å². The van der Waals surface area contributed by atoms with E-state index in [1.807, 2.05) is 12.3 Å². The zero-order valence-electron chi connectivity index (χ0n) is 25.5. The Morgan fingerprint density at radius 2 is 1.78 bits per heavy atom. The van der Waals surface area contributed by atoms with Gasteiger partial charge in [-0.15, -0.1) is 0 Å². The van der Waals surface area contributed by atoms with Crippen molar-refractivity contribution in [3.05, 3.63) is 88.5 Å². The minimum Gasteiger partial charge on any atom is -0.462 e. The van der Waals surface area contributed by atoms with Gasteiger partial charge in [0.1, 0.15) is 23.0 Å². The van der Waals surface area contributed by atoms with Crippen molar-refractivity contribution in [3.63, 3.8) is 0 Å². The molecule has 238 valence electrons. The van der Waals surface area contributed by atoms with Gasteiger partial charge in [-0.3, -0.25) is 4.79 Å². The standard InChI is InChI=1S/C34H36F2N2O6S/c1-4-43-34(40)26-17-21(5-12-28(26)36)20-42-16-15-41-14-13-38(45-3)29-19-30-27(18-25(29)22-6-7-22)31(33(39)37-2)32(44-30)23-8-10-24(35)11-9-23/h5,8-12,17-19,22H,4,6-7,13-16,20H2,1-3H3,(H,37,39). The van der Waals surface area contributed by atoms with Crippen molar-refractivity contribution in [3.8, 4) is 11.3 Å². The summed E-state index contributed by atoms with van der Waals surface area (Å²) in [7, 11) is 1.58. The van der Waals surface area contributed by atoms with Crippen molar-refractivity contribution in [2.75, 3.05) is 50.6 Å². The average molecular weight is 639 g/mol. The molecule has 4 aromatic rings. The molecular weight excluding hydrogens is 602 g/mol. The summed E-state index contributed by atoms with van der Waals surface area (Å²) in [6, 6.07) is 14.2. The topological polar surface area (TPSA) is 90.2 Å². The highest BCUT2D eigenvalue weighted by Crippen LogP contribution is 2.48. The molecule has 1 N–H and O–H groups in total. The summed E-state index contributed by atoms with van der Waals surface area (Å²) in [6.07, 6.45) is 4.14. The number of carbonyl (C=O) groups is 2. The van der Waals surface area contributed by atoms with E-state index in [0.29, 0.717) is 60.3 Å². The second-order valence-corrected chi connectivity index (χ2v) is 11.4. The van der Waals surface area contributed by atoms with E-state index in [9.17, 15) is 18.4 Å². The number of halogens is 2. The first-order valence-electron chi connectivity index (χ1n) is 14.9. The molecule has 0 atom stereocenters. The van der Waals surface area contributed by atoms with Crippen molar-refractivity contribution >= 4 is 40.5 Å². The predicted molar refractivity (Wildman–Crippen MR) is 171 cm³/mol. The molecular formula is C34H36F2N2O6S. The Morgan fingerprint density at radius 3 is 2.47 bits per heavy atom. The zero-order chi connectivity index (χ0) is 31.9. The maximum absolute atomic E-state index is 14.0. The van der Waals surface area contributed by atoms with Crippen LogP contribution in [-0.4, -0.2) is 58.2 Å². The van der Waals surface area contributed by atoms with Crippen LogP contribution in [-0.2, 0) is 20.8 Å². The molecule has 0 unspecified atom stereocenters. The minimum absolute atomic E-state index is 0.110. The Labute approximate surface area is 265 Å². The number of hydrogen-bond donors (Lipinski definition) is 1. The van der Waals surface area contributed by atoms with E-state index in [1.165, 1.54) is 24.3 Å². The molecule has 3 aromatic carbocycles. The molecule has 11 heteroatoms. The number of nitrogens with zero attached hydrogens (tertiary/aromatic N) is 1. The van der Waals surface area contributed by atoms with Gasteiger partial charge in [-0.1, -0.05) is 18.0 Å². The van der Waals surface area contributed by atoms with Crippen LogP contribution in [0.1, 0.15) is 57.5 Å². The van der Waals surface area contributed by atoms with Crippen molar-refractivity contribution in [2.45, 2.75) is 32.3 Å². The van der Waals surface area contributed by atoms with Crippen molar-refractivity contribution in [1.29, 1.82) is 0 Å².